The Labute approximate surface area is 66.7 Å². The predicted molar refractivity (Wildman–Crippen MR) is 48.1 cm³/mol. The summed E-state index contributed by atoms with van der Waals surface area (Å²) in [5.74, 6) is 0.730. The van der Waals surface area contributed by atoms with Crippen molar-refractivity contribution in [3.8, 4) is 0 Å². The van der Waals surface area contributed by atoms with E-state index in [4.69, 9.17) is 5.73 Å². The normalized spacial score (nSPS) is 9.70. The van der Waals surface area contributed by atoms with Crippen LogP contribution >= 0.6 is 12.6 Å². The Hall–Kier alpha value is -0.630. The highest BCUT2D eigenvalue weighted by atomic mass is 32.1. The molecule has 0 bridgehead atoms. The first-order valence-electron chi connectivity index (χ1n) is 3.13. The number of hydrogen-bond donors (Lipinski definition) is 2. The molecule has 0 aliphatic carbocycles. The van der Waals surface area contributed by atoms with E-state index in [2.05, 4.69) is 12.6 Å². The van der Waals surface area contributed by atoms with Gasteiger partial charge in [-0.2, -0.15) is 12.6 Å². The second-order valence-electron chi connectivity index (χ2n) is 2.02. The van der Waals surface area contributed by atoms with Crippen LogP contribution in [-0.4, -0.2) is 5.75 Å². The molecule has 0 saturated carbocycles. The SMILES string of the molecule is Nc1ccccc1[CH]CS. The molecule has 0 amide bonds. The summed E-state index contributed by atoms with van der Waals surface area (Å²) in [5.41, 5.74) is 7.52. The third-order valence-corrected chi connectivity index (χ3v) is 1.49. The zero-order valence-electron chi connectivity index (χ0n) is 5.62. The summed E-state index contributed by atoms with van der Waals surface area (Å²) in [7, 11) is 0. The standard InChI is InChI=1S/C8H10NS/c9-8-4-2-1-3-7(8)5-6-10/h1-5,10H,6,9H2. The van der Waals surface area contributed by atoms with E-state index in [-0.39, 0.29) is 0 Å². The third kappa shape index (κ3) is 1.67. The van der Waals surface area contributed by atoms with Gasteiger partial charge in [0.15, 0.2) is 0 Å². The number of hydrogen-bond acceptors (Lipinski definition) is 2. The Kier molecular flexibility index (Phi) is 2.63. The first-order valence-corrected chi connectivity index (χ1v) is 3.76. The Morgan fingerprint density at radius 2 is 2.10 bits per heavy atom. The fourth-order valence-electron chi connectivity index (χ4n) is 0.795. The molecular weight excluding hydrogens is 142 g/mol. The van der Waals surface area contributed by atoms with Crippen LogP contribution in [0.5, 0.6) is 0 Å². The molecule has 1 nitrogen and oxygen atoms in total. The zero-order valence-corrected chi connectivity index (χ0v) is 6.51. The monoisotopic (exact) mass is 152 g/mol. The molecule has 2 N–H and O–H groups in total. The van der Waals surface area contributed by atoms with Crippen LogP contribution in [0.3, 0.4) is 0 Å². The topological polar surface area (TPSA) is 26.0 Å². The van der Waals surface area contributed by atoms with Gasteiger partial charge in [-0.15, -0.1) is 0 Å². The lowest BCUT2D eigenvalue weighted by Gasteiger charge is -2.00. The number of thiol groups is 1. The molecule has 1 aromatic carbocycles. The average Bonchev–Trinajstić information content (AvgIpc) is 1.94. The smallest absolute Gasteiger partial charge is 0.0349 e. The predicted octanol–water partition coefficient (Wildman–Crippen LogP) is 1.75. The number of nitrogens with two attached hydrogens (primary N) is 1. The quantitative estimate of drug-likeness (QED) is 0.490. The van der Waals surface area contributed by atoms with Gasteiger partial charge in [0.1, 0.15) is 0 Å². The number of rotatable bonds is 2. The molecule has 0 heterocycles. The highest BCUT2D eigenvalue weighted by Crippen LogP contribution is 2.12. The molecule has 0 saturated heterocycles. The van der Waals surface area contributed by atoms with Crippen molar-refractivity contribution in [2.24, 2.45) is 0 Å². The van der Waals surface area contributed by atoms with Crippen LogP contribution < -0.4 is 5.73 Å². The second-order valence-corrected chi connectivity index (χ2v) is 2.38. The van der Waals surface area contributed by atoms with E-state index in [0.717, 1.165) is 17.0 Å². The summed E-state index contributed by atoms with van der Waals surface area (Å²) in [6.45, 7) is 0. The first kappa shape index (κ1) is 7.48. The van der Waals surface area contributed by atoms with E-state index in [0.29, 0.717) is 0 Å². The molecule has 1 aromatic rings. The lowest BCUT2D eigenvalue weighted by Crippen LogP contribution is -1.91. The van der Waals surface area contributed by atoms with Gasteiger partial charge < -0.3 is 5.73 Å². The molecule has 10 heavy (non-hydrogen) atoms. The molecule has 0 aliphatic heterocycles. The number of nitrogen functional groups attached to an aromatic ring is 1. The van der Waals surface area contributed by atoms with Gasteiger partial charge in [-0.3, -0.25) is 0 Å². The van der Waals surface area contributed by atoms with Crippen LogP contribution in [0.15, 0.2) is 24.3 Å². The molecular formula is C8H10NS. The summed E-state index contributed by atoms with van der Waals surface area (Å²) >= 11 is 4.07. The lowest BCUT2D eigenvalue weighted by atomic mass is 10.1. The van der Waals surface area contributed by atoms with Crippen molar-refractivity contribution in [2.45, 2.75) is 0 Å². The maximum atomic E-state index is 5.64. The van der Waals surface area contributed by atoms with Gasteiger partial charge in [-0.1, -0.05) is 18.2 Å². The van der Waals surface area contributed by atoms with E-state index in [9.17, 15) is 0 Å². The van der Waals surface area contributed by atoms with E-state index in [1.807, 2.05) is 30.7 Å². The molecule has 0 aromatic heterocycles. The Balaban J connectivity index is 2.81. The van der Waals surface area contributed by atoms with E-state index < -0.39 is 0 Å². The van der Waals surface area contributed by atoms with Crippen LogP contribution in [0, 0.1) is 6.42 Å². The van der Waals surface area contributed by atoms with Crippen molar-refractivity contribution in [2.75, 3.05) is 11.5 Å². The molecule has 0 aliphatic rings. The molecule has 0 atom stereocenters. The highest BCUT2D eigenvalue weighted by Gasteiger charge is 1.93. The van der Waals surface area contributed by atoms with Crippen molar-refractivity contribution in [3.05, 3.63) is 36.2 Å². The summed E-state index contributed by atoms with van der Waals surface area (Å²) in [4.78, 5) is 0. The van der Waals surface area contributed by atoms with Gasteiger partial charge in [0.05, 0.1) is 0 Å². The zero-order chi connectivity index (χ0) is 7.40. The molecule has 0 unspecified atom stereocenters. The van der Waals surface area contributed by atoms with Crippen molar-refractivity contribution < 1.29 is 0 Å². The van der Waals surface area contributed by atoms with Crippen LogP contribution in [0.1, 0.15) is 5.56 Å². The Morgan fingerprint density at radius 1 is 1.40 bits per heavy atom. The van der Waals surface area contributed by atoms with E-state index in [1.54, 1.807) is 0 Å². The van der Waals surface area contributed by atoms with Crippen LogP contribution in [0.25, 0.3) is 0 Å². The van der Waals surface area contributed by atoms with Gasteiger partial charge >= 0.3 is 0 Å². The average molecular weight is 152 g/mol. The van der Waals surface area contributed by atoms with Crippen molar-refractivity contribution in [1.82, 2.24) is 0 Å². The second kappa shape index (κ2) is 3.52. The van der Waals surface area contributed by atoms with Gasteiger partial charge in [0.2, 0.25) is 0 Å². The molecule has 1 rings (SSSR count). The van der Waals surface area contributed by atoms with E-state index >= 15 is 0 Å². The number of anilines is 1. The number of benzene rings is 1. The van der Waals surface area contributed by atoms with Gasteiger partial charge in [-0.05, 0) is 17.4 Å². The lowest BCUT2D eigenvalue weighted by molar-refractivity contribution is 1.44. The fourth-order valence-corrected chi connectivity index (χ4v) is 0.992. The molecule has 0 fully saturated rings. The summed E-state index contributed by atoms with van der Waals surface area (Å²) < 4.78 is 0. The first-order chi connectivity index (χ1) is 4.84. The number of para-hydroxylation sites is 1. The van der Waals surface area contributed by atoms with Crippen molar-refractivity contribution >= 4 is 18.3 Å². The summed E-state index contributed by atoms with van der Waals surface area (Å²) in [5, 5.41) is 0. The summed E-state index contributed by atoms with van der Waals surface area (Å²) in [6.07, 6.45) is 1.98. The van der Waals surface area contributed by atoms with Crippen LogP contribution in [0.4, 0.5) is 5.69 Å². The molecule has 53 valence electrons. The third-order valence-electron chi connectivity index (χ3n) is 1.31. The maximum absolute atomic E-state index is 5.64. The van der Waals surface area contributed by atoms with Gasteiger partial charge in [0.25, 0.3) is 0 Å². The fraction of sp³-hybridized carbons (Fsp3) is 0.125. The largest absolute Gasteiger partial charge is 0.398 e. The van der Waals surface area contributed by atoms with Gasteiger partial charge in [0, 0.05) is 12.1 Å². The van der Waals surface area contributed by atoms with Crippen LogP contribution in [-0.2, 0) is 0 Å². The van der Waals surface area contributed by atoms with Gasteiger partial charge in [-0.25, -0.2) is 0 Å². The minimum atomic E-state index is 0.730. The van der Waals surface area contributed by atoms with E-state index in [1.165, 1.54) is 0 Å². The van der Waals surface area contributed by atoms with Crippen molar-refractivity contribution in [3.63, 3.8) is 0 Å². The summed E-state index contributed by atoms with van der Waals surface area (Å²) in [6, 6.07) is 7.75. The van der Waals surface area contributed by atoms with Crippen molar-refractivity contribution in [1.29, 1.82) is 0 Å². The van der Waals surface area contributed by atoms with Crippen LogP contribution in [0.2, 0.25) is 0 Å². The molecule has 1 radical (unpaired) electrons. The Morgan fingerprint density at radius 3 is 2.70 bits per heavy atom. The molecule has 2 heteroatoms. The minimum absolute atomic E-state index is 0.730. The highest BCUT2D eigenvalue weighted by molar-refractivity contribution is 7.80. The minimum Gasteiger partial charge on any atom is -0.398 e. The Bertz CT molecular complexity index is 210. The maximum Gasteiger partial charge on any atom is 0.0349 e. The molecule has 0 spiro atoms.